The minimum atomic E-state index is -0.749. The van der Waals surface area contributed by atoms with Gasteiger partial charge in [-0.3, -0.25) is 4.79 Å². The highest BCUT2D eigenvalue weighted by molar-refractivity contribution is 5.72. The molecule has 0 amide bonds. The lowest BCUT2D eigenvalue weighted by molar-refractivity contribution is -0.150. The molecule has 0 saturated heterocycles. The molecule has 3 aromatic carbocycles. The van der Waals surface area contributed by atoms with Gasteiger partial charge in [0.1, 0.15) is 12.2 Å². The second-order valence-electron chi connectivity index (χ2n) is 9.27. The van der Waals surface area contributed by atoms with E-state index in [9.17, 15) is 4.79 Å². The first-order chi connectivity index (χ1) is 18.7. The molecular formula is C33H42O5. The van der Waals surface area contributed by atoms with Crippen LogP contribution in [0.25, 0.3) is 0 Å². The molecule has 204 valence electrons. The quantitative estimate of drug-likeness (QED) is 0.105. The number of hydrogen-bond acceptors (Lipinski definition) is 5. The molecule has 1 unspecified atom stereocenters. The predicted octanol–water partition coefficient (Wildman–Crippen LogP) is 6.79. The zero-order valence-electron chi connectivity index (χ0n) is 22.8. The molecule has 5 nitrogen and oxygen atoms in total. The first kappa shape index (κ1) is 29.6. The molecule has 0 aromatic heterocycles. The second kappa shape index (κ2) is 16.8. The smallest absolute Gasteiger partial charge is 0.308 e. The molecule has 0 N–H and O–H groups in total. The van der Waals surface area contributed by atoms with Gasteiger partial charge in [0.25, 0.3) is 0 Å². The van der Waals surface area contributed by atoms with Gasteiger partial charge in [-0.1, -0.05) is 118 Å². The van der Waals surface area contributed by atoms with Crippen molar-refractivity contribution in [2.45, 2.75) is 45.1 Å². The summed E-state index contributed by atoms with van der Waals surface area (Å²) in [6.07, 6.45) is 3.84. The highest BCUT2D eigenvalue weighted by Gasteiger charge is 2.37. The predicted molar refractivity (Wildman–Crippen MR) is 151 cm³/mol. The summed E-state index contributed by atoms with van der Waals surface area (Å²) in [5.74, 6) is -0.121. The van der Waals surface area contributed by atoms with E-state index in [1.807, 2.05) is 61.5 Å². The fourth-order valence-corrected chi connectivity index (χ4v) is 4.60. The summed E-state index contributed by atoms with van der Waals surface area (Å²) in [5, 5.41) is 0. The molecule has 0 fully saturated rings. The van der Waals surface area contributed by atoms with E-state index in [0.29, 0.717) is 33.0 Å². The van der Waals surface area contributed by atoms with Gasteiger partial charge >= 0.3 is 5.97 Å². The highest BCUT2D eigenvalue weighted by Crippen LogP contribution is 2.40. The number of carbonyl (C=O) groups excluding carboxylic acids is 1. The maximum Gasteiger partial charge on any atom is 0.308 e. The van der Waals surface area contributed by atoms with Crippen molar-refractivity contribution < 1.29 is 23.7 Å². The van der Waals surface area contributed by atoms with Crippen LogP contribution in [0.2, 0.25) is 0 Å². The maximum atomic E-state index is 12.2. The molecule has 0 saturated carbocycles. The molecule has 0 spiro atoms. The number of benzene rings is 3. The fraction of sp³-hybridized carbons (Fsp3) is 0.424. The van der Waals surface area contributed by atoms with Crippen molar-refractivity contribution in [2.24, 2.45) is 5.92 Å². The lowest BCUT2D eigenvalue weighted by atomic mass is 9.80. The molecule has 38 heavy (non-hydrogen) atoms. The molecule has 3 rings (SSSR count). The second-order valence-corrected chi connectivity index (χ2v) is 9.27. The summed E-state index contributed by atoms with van der Waals surface area (Å²) >= 11 is 0. The van der Waals surface area contributed by atoms with Gasteiger partial charge in [0.2, 0.25) is 0 Å². The average Bonchev–Trinajstić information content (AvgIpc) is 2.98. The summed E-state index contributed by atoms with van der Waals surface area (Å²) in [7, 11) is 0. The molecule has 0 radical (unpaired) electrons. The summed E-state index contributed by atoms with van der Waals surface area (Å²) in [4.78, 5) is 12.2. The zero-order valence-corrected chi connectivity index (χ0v) is 22.8. The van der Waals surface area contributed by atoms with Crippen LogP contribution in [-0.4, -0.2) is 45.6 Å². The third-order valence-corrected chi connectivity index (χ3v) is 6.66. The van der Waals surface area contributed by atoms with Crippen molar-refractivity contribution in [3.8, 4) is 0 Å². The molecule has 0 aliphatic heterocycles. The third kappa shape index (κ3) is 8.52. The molecule has 1 atom stereocenters. The van der Waals surface area contributed by atoms with E-state index in [1.165, 1.54) is 0 Å². The van der Waals surface area contributed by atoms with Crippen LogP contribution >= 0.6 is 0 Å². The largest absolute Gasteiger partial charge is 0.463 e. The SMILES string of the molecule is CCCCC(CC)C(=O)OCCOCCOCCOC(c1ccccc1)(c1ccccc1)c1ccccc1. The molecule has 0 aliphatic rings. The summed E-state index contributed by atoms with van der Waals surface area (Å²) in [6, 6.07) is 30.9. The average molecular weight is 519 g/mol. The number of ether oxygens (including phenoxy) is 4. The normalized spacial score (nSPS) is 12.3. The van der Waals surface area contributed by atoms with E-state index in [0.717, 1.165) is 42.4 Å². The number of esters is 1. The monoisotopic (exact) mass is 518 g/mol. The van der Waals surface area contributed by atoms with Crippen LogP contribution < -0.4 is 0 Å². The topological polar surface area (TPSA) is 54.0 Å². The fourth-order valence-electron chi connectivity index (χ4n) is 4.60. The van der Waals surface area contributed by atoms with E-state index in [-0.39, 0.29) is 18.5 Å². The zero-order chi connectivity index (χ0) is 26.9. The lowest BCUT2D eigenvalue weighted by Crippen LogP contribution is -2.34. The van der Waals surface area contributed by atoms with E-state index < -0.39 is 5.60 Å². The Labute approximate surface area is 228 Å². The summed E-state index contributed by atoms with van der Waals surface area (Å²) in [5.41, 5.74) is 2.45. The first-order valence-corrected chi connectivity index (χ1v) is 13.8. The van der Waals surface area contributed by atoms with Gasteiger partial charge in [-0.25, -0.2) is 0 Å². The molecular weight excluding hydrogens is 476 g/mol. The molecule has 0 heterocycles. The van der Waals surface area contributed by atoms with Crippen molar-refractivity contribution in [1.29, 1.82) is 0 Å². The van der Waals surface area contributed by atoms with Crippen LogP contribution in [0, 0.1) is 5.92 Å². The molecule has 3 aromatic rings. The van der Waals surface area contributed by atoms with E-state index >= 15 is 0 Å². The van der Waals surface area contributed by atoms with Gasteiger partial charge in [0, 0.05) is 0 Å². The van der Waals surface area contributed by atoms with Gasteiger partial charge in [-0.15, -0.1) is 0 Å². The van der Waals surface area contributed by atoms with E-state index in [2.05, 4.69) is 43.3 Å². The van der Waals surface area contributed by atoms with Crippen molar-refractivity contribution in [3.05, 3.63) is 108 Å². The number of rotatable bonds is 18. The number of unbranched alkanes of at least 4 members (excludes halogenated alkanes) is 1. The van der Waals surface area contributed by atoms with Crippen LogP contribution in [0.15, 0.2) is 91.0 Å². The Morgan fingerprint density at radius 3 is 1.55 bits per heavy atom. The minimum absolute atomic E-state index is 0.00643. The Kier molecular flexibility index (Phi) is 13.0. The third-order valence-electron chi connectivity index (χ3n) is 6.66. The Morgan fingerprint density at radius 1 is 0.658 bits per heavy atom. The highest BCUT2D eigenvalue weighted by atomic mass is 16.6. The first-order valence-electron chi connectivity index (χ1n) is 13.8. The van der Waals surface area contributed by atoms with Crippen LogP contribution in [0.5, 0.6) is 0 Å². The van der Waals surface area contributed by atoms with Crippen LogP contribution in [0.1, 0.15) is 56.2 Å². The number of carbonyl (C=O) groups is 1. The van der Waals surface area contributed by atoms with E-state index in [1.54, 1.807) is 0 Å². The van der Waals surface area contributed by atoms with Gasteiger partial charge in [0.15, 0.2) is 0 Å². The standard InChI is InChI=1S/C33H42O5/c1-3-5-15-28(4-2)32(34)37-26-24-35-22-23-36-25-27-38-33(29-16-9-6-10-17-29,30-18-11-7-12-19-30)31-20-13-8-14-21-31/h6-14,16-21,28H,3-5,15,22-27H2,1-2H3. The number of hydrogen-bond donors (Lipinski definition) is 0. The Balaban J connectivity index is 1.48. The van der Waals surface area contributed by atoms with Crippen LogP contribution in [0.4, 0.5) is 0 Å². The molecule has 0 aliphatic carbocycles. The molecule has 5 heteroatoms. The minimum Gasteiger partial charge on any atom is -0.463 e. The summed E-state index contributed by atoms with van der Waals surface area (Å²) in [6.45, 7) is 6.53. The Hall–Kier alpha value is -2.99. The Morgan fingerprint density at radius 2 is 1.11 bits per heavy atom. The van der Waals surface area contributed by atoms with Gasteiger partial charge < -0.3 is 18.9 Å². The maximum absolute atomic E-state index is 12.2. The van der Waals surface area contributed by atoms with Gasteiger partial charge in [0.05, 0.1) is 39.0 Å². The van der Waals surface area contributed by atoms with Crippen molar-refractivity contribution >= 4 is 5.97 Å². The van der Waals surface area contributed by atoms with Crippen molar-refractivity contribution in [2.75, 3.05) is 39.6 Å². The van der Waals surface area contributed by atoms with Crippen LogP contribution in [0.3, 0.4) is 0 Å². The van der Waals surface area contributed by atoms with Gasteiger partial charge in [-0.05, 0) is 29.5 Å². The lowest BCUT2D eigenvalue weighted by Gasteiger charge is -2.36. The van der Waals surface area contributed by atoms with Gasteiger partial charge in [-0.2, -0.15) is 0 Å². The van der Waals surface area contributed by atoms with Crippen molar-refractivity contribution in [3.63, 3.8) is 0 Å². The Bertz CT molecular complexity index is 926. The van der Waals surface area contributed by atoms with Crippen molar-refractivity contribution in [1.82, 2.24) is 0 Å². The summed E-state index contributed by atoms with van der Waals surface area (Å²) < 4.78 is 23.5. The molecule has 0 bridgehead atoms. The van der Waals surface area contributed by atoms with E-state index in [4.69, 9.17) is 18.9 Å². The van der Waals surface area contributed by atoms with Crippen LogP contribution in [-0.2, 0) is 29.3 Å².